The van der Waals surface area contributed by atoms with Crippen LogP contribution in [0.3, 0.4) is 0 Å². The van der Waals surface area contributed by atoms with E-state index in [2.05, 4.69) is 59.6 Å². The number of methoxy groups -OCH3 is 1. The van der Waals surface area contributed by atoms with Crippen molar-refractivity contribution in [2.24, 2.45) is 23.2 Å². The van der Waals surface area contributed by atoms with Gasteiger partial charge in [-0.15, -0.1) is 0 Å². The Hall–Kier alpha value is -5.31. The second-order valence-corrected chi connectivity index (χ2v) is 19.9. The van der Waals surface area contributed by atoms with Gasteiger partial charge in [0.1, 0.15) is 23.9 Å². The number of nitrogens with zero attached hydrogens (tertiary/aromatic N) is 4. The Morgan fingerprint density at radius 3 is 2.62 bits per heavy atom. The Morgan fingerprint density at radius 2 is 1.86 bits per heavy atom. The van der Waals surface area contributed by atoms with Gasteiger partial charge < -0.3 is 34.7 Å². The molecule has 8 rings (SSSR count). The maximum absolute atomic E-state index is 14.7. The molecule has 3 aliphatic heterocycles. The lowest BCUT2D eigenvalue weighted by Crippen LogP contribution is -2.62. The molecule has 0 radical (unpaired) electrons. The SMILES string of the molecule is CCn1c(-c2cccnc2[C@H](C)OC)c2c3cc(ccc31)-c1cc(O)cc(c1)C[C@H](NC(=O)[C@H](C(C)C)N(C)C(=O)[C@H]1CC[C@H]3CCN[C@H]31)C(=O)N1CCC[C@H](N1)C(=O)OCC(C)(C)C2. The molecule has 2 aromatic heterocycles. The number of amides is 3. The Balaban J connectivity index is 1.21. The lowest BCUT2D eigenvalue weighted by Gasteiger charge is -2.37. The van der Waals surface area contributed by atoms with Crippen molar-refractivity contribution in [1.29, 1.82) is 0 Å². The van der Waals surface area contributed by atoms with E-state index in [4.69, 9.17) is 14.5 Å². The van der Waals surface area contributed by atoms with Crippen LogP contribution in [-0.4, -0.2) is 106 Å². The number of aromatic nitrogens is 2. The van der Waals surface area contributed by atoms with Gasteiger partial charge in [-0.05, 0) is 129 Å². The molecule has 5 heterocycles. The highest BCUT2D eigenvalue weighted by atomic mass is 16.5. The summed E-state index contributed by atoms with van der Waals surface area (Å²) in [5.74, 6) is -1.37. The summed E-state index contributed by atoms with van der Waals surface area (Å²) in [5, 5.41) is 20.4. The van der Waals surface area contributed by atoms with Crippen LogP contribution in [0.25, 0.3) is 33.3 Å². The van der Waals surface area contributed by atoms with Crippen LogP contribution >= 0.6 is 0 Å². The number of benzene rings is 2. The maximum Gasteiger partial charge on any atom is 0.324 e. The van der Waals surface area contributed by atoms with Crippen LogP contribution in [0.2, 0.25) is 0 Å². The molecule has 7 atom stereocenters. The molecule has 4 aromatic rings. The molecule has 3 fully saturated rings. The summed E-state index contributed by atoms with van der Waals surface area (Å²) < 4.78 is 14.2. The monoisotopic (exact) mass is 890 g/mol. The summed E-state index contributed by atoms with van der Waals surface area (Å²) >= 11 is 0. The molecule has 4 aliphatic rings. The van der Waals surface area contributed by atoms with Gasteiger partial charge in [-0.3, -0.25) is 29.2 Å². The van der Waals surface area contributed by atoms with Crippen LogP contribution in [-0.2, 0) is 48.0 Å². The number of aromatic hydroxyl groups is 1. The topological polar surface area (TPSA) is 167 Å². The van der Waals surface area contributed by atoms with E-state index in [1.807, 2.05) is 39.0 Å². The van der Waals surface area contributed by atoms with Crippen LogP contribution in [0.5, 0.6) is 5.75 Å². The molecule has 1 aliphatic carbocycles. The van der Waals surface area contributed by atoms with E-state index in [1.54, 1.807) is 37.4 Å². The third-order valence-corrected chi connectivity index (χ3v) is 14.3. The van der Waals surface area contributed by atoms with E-state index in [9.17, 15) is 24.3 Å². The fraction of sp³-hybridized carbons (Fsp3) is 0.549. The van der Waals surface area contributed by atoms with Gasteiger partial charge >= 0.3 is 5.97 Å². The number of hydrogen-bond acceptors (Lipinski definition) is 10. The van der Waals surface area contributed by atoms with E-state index in [1.165, 1.54) is 5.01 Å². The average molecular weight is 890 g/mol. The minimum atomic E-state index is -1.10. The zero-order valence-electron chi connectivity index (χ0n) is 39.3. The van der Waals surface area contributed by atoms with Crippen molar-refractivity contribution >= 4 is 34.6 Å². The Kier molecular flexibility index (Phi) is 13.4. The molecule has 1 saturated carbocycles. The van der Waals surface area contributed by atoms with E-state index >= 15 is 0 Å². The van der Waals surface area contributed by atoms with Crippen molar-refractivity contribution in [1.82, 2.24) is 35.5 Å². The van der Waals surface area contributed by atoms with Gasteiger partial charge in [0.05, 0.1) is 30.0 Å². The van der Waals surface area contributed by atoms with Crippen LogP contribution < -0.4 is 16.1 Å². The minimum absolute atomic E-state index is 0.0194. The number of phenols is 1. The number of fused-ring (bicyclic) bond motifs is 7. The fourth-order valence-corrected chi connectivity index (χ4v) is 11.1. The lowest BCUT2D eigenvalue weighted by molar-refractivity contribution is -0.155. The molecule has 4 N–H and O–H groups in total. The molecular weight excluding hydrogens is 823 g/mol. The summed E-state index contributed by atoms with van der Waals surface area (Å²) in [4.78, 5) is 63.8. The van der Waals surface area contributed by atoms with Crippen LogP contribution in [0.1, 0.15) is 96.6 Å². The van der Waals surface area contributed by atoms with Gasteiger partial charge in [0.15, 0.2) is 0 Å². The third-order valence-electron chi connectivity index (χ3n) is 14.3. The van der Waals surface area contributed by atoms with Crippen molar-refractivity contribution in [3.63, 3.8) is 0 Å². The molecule has 6 bridgehead atoms. The van der Waals surface area contributed by atoms with Crippen molar-refractivity contribution in [3.05, 3.63) is 71.5 Å². The number of rotatable bonds is 9. The van der Waals surface area contributed by atoms with Crippen molar-refractivity contribution in [2.45, 2.75) is 123 Å². The van der Waals surface area contributed by atoms with Gasteiger partial charge in [-0.25, -0.2) is 5.43 Å². The number of pyridine rings is 1. The lowest BCUT2D eigenvalue weighted by atomic mass is 9.84. The van der Waals surface area contributed by atoms with E-state index in [0.717, 1.165) is 70.4 Å². The molecule has 0 unspecified atom stereocenters. The first kappa shape index (κ1) is 46.2. The predicted molar refractivity (Wildman–Crippen MR) is 249 cm³/mol. The zero-order chi connectivity index (χ0) is 46.3. The van der Waals surface area contributed by atoms with Gasteiger partial charge in [0, 0.05) is 67.8 Å². The number of aryl methyl sites for hydroxylation is 1. The summed E-state index contributed by atoms with van der Waals surface area (Å²) in [6, 6.07) is 13.0. The summed E-state index contributed by atoms with van der Waals surface area (Å²) in [5.41, 5.74) is 9.77. The number of nitrogens with one attached hydrogen (secondary N) is 3. The van der Waals surface area contributed by atoms with E-state index in [-0.39, 0.29) is 48.7 Å². The maximum atomic E-state index is 14.7. The molecule has 3 amide bonds. The normalized spacial score (nSPS) is 24.3. The van der Waals surface area contributed by atoms with Crippen LogP contribution in [0.15, 0.2) is 54.7 Å². The molecule has 14 nitrogen and oxygen atoms in total. The van der Waals surface area contributed by atoms with Crippen molar-refractivity contribution < 1.29 is 33.8 Å². The summed E-state index contributed by atoms with van der Waals surface area (Å²) in [6.07, 6.45) is 5.94. The first-order valence-electron chi connectivity index (χ1n) is 23.6. The van der Waals surface area contributed by atoms with E-state index in [0.29, 0.717) is 43.8 Å². The third kappa shape index (κ3) is 9.26. The fourth-order valence-electron chi connectivity index (χ4n) is 11.1. The highest BCUT2D eigenvalue weighted by Crippen LogP contribution is 2.43. The van der Waals surface area contributed by atoms with Gasteiger partial charge in [0.2, 0.25) is 11.8 Å². The van der Waals surface area contributed by atoms with Gasteiger partial charge in [-0.2, -0.15) is 0 Å². The van der Waals surface area contributed by atoms with Crippen molar-refractivity contribution in [3.8, 4) is 28.1 Å². The predicted octanol–water partition coefficient (Wildman–Crippen LogP) is 6.32. The number of ether oxygens (including phenoxy) is 2. The van der Waals surface area contributed by atoms with Crippen LogP contribution in [0.4, 0.5) is 0 Å². The largest absolute Gasteiger partial charge is 0.508 e. The standard InChI is InChI=1S/C51H67N7O7/c1-9-57-42-17-15-33-26-38(42)39(46(57)36-12-10-19-52-43(36)30(4)64-8)27-51(5,6)28-65-50(63)40-13-11-21-58(55-40)49(62)41(24-31-22-34(33)25-35(59)23-31)54-47(60)45(29(2)3)56(7)48(61)37-16-14-32-18-20-53-44(32)37/h10,12,15,17,19,22-23,25-26,29-30,32,37,40-41,44-45,53,55,59H,9,11,13-14,16,18,20-21,24,27-28H2,1-8H3,(H,54,60)/t30-,32-,37-,40-,41-,44+,45-/m0/s1. The molecule has 2 saturated heterocycles. The van der Waals surface area contributed by atoms with E-state index < -0.39 is 41.3 Å². The number of carbonyl (C=O) groups is 4. The smallest absolute Gasteiger partial charge is 0.324 e. The summed E-state index contributed by atoms with van der Waals surface area (Å²) in [6.45, 7) is 14.1. The number of hydrogen-bond donors (Lipinski definition) is 4. The number of likely N-dealkylation sites (N-methyl/N-ethyl adjacent to an activating group) is 1. The van der Waals surface area contributed by atoms with Crippen molar-refractivity contribution in [2.75, 3.05) is 33.9 Å². The molecule has 348 valence electrons. The quantitative estimate of drug-likeness (QED) is 0.140. The Bertz CT molecular complexity index is 2450. The van der Waals surface area contributed by atoms with Gasteiger partial charge in [0.25, 0.3) is 5.91 Å². The Labute approximate surface area is 382 Å². The second-order valence-electron chi connectivity index (χ2n) is 19.9. The summed E-state index contributed by atoms with van der Waals surface area (Å²) in [7, 11) is 3.38. The highest BCUT2D eigenvalue weighted by molar-refractivity contribution is 5.96. The first-order valence-corrected chi connectivity index (χ1v) is 23.6. The molecular formula is C51H67N7O7. The average Bonchev–Trinajstić information content (AvgIpc) is 4.00. The molecule has 14 heteroatoms. The molecule has 2 aromatic carbocycles. The number of hydrazine groups is 1. The van der Waals surface area contributed by atoms with Crippen LogP contribution in [0, 0.1) is 23.2 Å². The second kappa shape index (κ2) is 18.9. The minimum Gasteiger partial charge on any atom is -0.508 e. The molecule has 65 heavy (non-hydrogen) atoms. The molecule has 0 spiro atoms. The number of carbonyl (C=O) groups excluding carboxylic acids is 4. The Morgan fingerprint density at radius 1 is 1.06 bits per heavy atom. The van der Waals surface area contributed by atoms with Gasteiger partial charge in [-0.1, -0.05) is 39.8 Å². The number of cyclic esters (lactones) is 1. The number of phenolic OH excluding ortho intramolecular Hbond substituents is 1. The first-order chi connectivity index (χ1) is 31.1. The highest BCUT2D eigenvalue weighted by Gasteiger charge is 2.46. The number of esters is 1. The zero-order valence-corrected chi connectivity index (χ0v) is 39.3.